The Morgan fingerprint density at radius 3 is 1.94 bits per heavy atom. The molecule has 0 saturated carbocycles. The Kier molecular flexibility index (Phi) is 4.22. The van der Waals surface area contributed by atoms with Gasteiger partial charge in [-0.2, -0.15) is 0 Å². The lowest BCUT2D eigenvalue weighted by molar-refractivity contribution is -0.130. The van der Waals surface area contributed by atoms with Crippen molar-refractivity contribution in [2.45, 2.75) is 13.8 Å². The molecule has 1 rings (SSSR count). The van der Waals surface area contributed by atoms with Crippen molar-refractivity contribution in [1.82, 2.24) is 9.80 Å². The number of carbonyl (C=O) groups is 1. The fraction of sp³-hybridized carbons (Fsp3) is 0.545. The average Bonchev–Trinajstić information content (AvgIpc) is 2.26. The molecule has 0 aliphatic carbocycles. The summed E-state index contributed by atoms with van der Waals surface area (Å²) in [6, 6.07) is 0. The van der Waals surface area contributed by atoms with E-state index in [-0.39, 0.29) is 5.91 Å². The number of hydrogen-bond acceptors (Lipinski definition) is 4. The summed E-state index contributed by atoms with van der Waals surface area (Å²) in [5.74, 6) is 0.827. The number of nitrogens with zero attached hydrogens (tertiary/aromatic N) is 2. The summed E-state index contributed by atoms with van der Waals surface area (Å²) in [4.78, 5) is 15.0. The third-order valence-corrected chi connectivity index (χ3v) is 2.61. The summed E-state index contributed by atoms with van der Waals surface area (Å²) in [7, 11) is 0. The van der Waals surface area contributed by atoms with Gasteiger partial charge in [-0.05, 0) is 19.1 Å². The van der Waals surface area contributed by atoms with Crippen molar-refractivity contribution in [3.8, 4) is 0 Å². The molecule has 1 heterocycles. The lowest BCUT2D eigenvalue weighted by Gasteiger charge is -2.35. The first kappa shape index (κ1) is 12.4. The van der Waals surface area contributed by atoms with Crippen molar-refractivity contribution in [3.63, 3.8) is 0 Å². The summed E-state index contributed by atoms with van der Waals surface area (Å²) in [6.07, 6.45) is 3.59. The van der Waals surface area contributed by atoms with Crippen LogP contribution in [0.1, 0.15) is 13.8 Å². The van der Waals surface area contributed by atoms with Gasteiger partial charge in [0.2, 0.25) is 5.91 Å². The fourth-order valence-corrected chi connectivity index (χ4v) is 1.60. The zero-order valence-corrected chi connectivity index (χ0v) is 9.94. The number of piperazine rings is 1. The predicted molar refractivity (Wildman–Crippen MR) is 64.0 cm³/mol. The molecule has 4 N–H and O–H groups in total. The Balaban J connectivity index is 2.50. The van der Waals surface area contributed by atoms with Crippen molar-refractivity contribution < 1.29 is 4.79 Å². The molecule has 1 fully saturated rings. The molecule has 0 aromatic heterocycles. The topological polar surface area (TPSA) is 75.6 Å². The van der Waals surface area contributed by atoms with Crippen LogP contribution >= 0.6 is 0 Å². The Hall–Kier alpha value is -1.65. The SMILES string of the molecule is CC(=O)N1CCN(/C(N)=C/C=C(/C)N)CC1. The molecule has 0 unspecified atom stereocenters. The van der Waals surface area contributed by atoms with E-state index in [2.05, 4.69) is 4.90 Å². The van der Waals surface area contributed by atoms with Crippen LogP contribution in [0, 0.1) is 0 Å². The molecule has 1 aliphatic rings. The smallest absolute Gasteiger partial charge is 0.219 e. The summed E-state index contributed by atoms with van der Waals surface area (Å²) >= 11 is 0. The highest BCUT2D eigenvalue weighted by Crippen LogP contribution is 2.06. The van der Waals surface area contributed by atoms with Gasteiger partial charge in [0, 0.05) is 38.8 Å². The molecule has 1 aliphatic heterocycles. The van der Waals surface area contributed by atoms with Gasteiger partial charge in [0.1, 0.15) is 0 Å². The second-order valence-electron chi connectivity index (χ2n) is 4.00. The molecule has 5 heteroatoms. The van der Waals surface area contributed by atoms with E-state index in [4.69, 9.17) is 11.5 Å². The maximum Gasteiger partial charge on any atom is 0.219 e. The van der Waals surface area contributed by atoms with E-state index in [0.717, 1.165) is 31.9 Å². The van der Waals surface area contributed by atoms with Gasteiger partial charge in [0.15, 0.2) is 0 Å². The normalized spacial score (nSPS) is 18.9. The molecular weight excluding hydrogens is 204 g/mol. The Morgan fingerprint density at radius 1 is 1.00 bits per heavy atom. The lowest BCUT2D eigenvalue weighted by atomic mass is 10.3. The largest absolute Gasteiger partial charge is 0.402 e. The zero-order valence-electron chi connectivity index (χ0n) is 9.94. The van der Waals surface area contributed by atoms with Gasteiger partial charge in [-0.1, -0.05) is 0 Å². The van der Waals surface area contributed by atoms with E-state index in [9.17, 15) is 4.79 Å². The summed E-state index contributed by atoms with van der Waals surface area (Å²) in [5, 5.41) is 0. The Morgan fingerprint density at radius 2 is 1.50 bits per heavy atom. The van der Waals surface area contributed by atoms with Crippen LogP contribution in [0.2, 0.25) is 0 Å². The minimum atomic E-state index is 0.125. The molecule has 1 saturated heterocycles. The summed E-state index contributed by atoms with van der Waals surface area (Å²) < 4.78 is 0. The first-order chi connectivity index (χ1) is 7.50. The maximum absolute atomic E-state index is 11.1. The highest BCUT2D eigenvalue weighted by Gasteiger charge is 2.18. The third-order valence-electron chi connectivity index (χ3n) is 2.61. The Bertz CT molecular complexity index is 310. The van der Waals surface area contributed by atoms with Gasteiger partial charge in [0.05, 0.1) is 5.82 Å². The minimum Gasteiger partial charge on any atom is -0.402 e. The average molecular weight is 224 g/mol. The Labute approximate surface area is 96.4 Å². The van der Waals surface area contributed by atoms with Crippen molar-refractivity contribution in [2.75, 3.05) is 26.2 Å². The molecule has 0 aromatic rings. The van der Waals surface area contributed by atoms with Crippen molar-refractivity contribution in [3.05, 3.63) is 23.7 Å². The number of nitrogens with two attached hydrogens (primary N) is 2. The standard InChI is InChI=1S/C11H20N4O/c1-9(12)3-4-11(13)15-7-5-14(6-8-15)10(2)16/h3-4H,5-8,12-13H2,1-2H3/b9-3-,11-4+. The van der Waals surface area contributed by atoms with Crippen molar-refractivity contribution >= 4 is 5.91 Å². The van der Waals surface area contributed by atoms with Crippen LogP contribution < -0.4 is 11.5 Å². The first-order valence-electron chi connectivity index (χ1n) is 5.40. The number of carbonyl (C=O) groups excluding carboxylic acids is 1. The van der Waals surface area contributed by atoms with Gasteiger partial charge in [-0.15, -0.1) is 0 Å². The zero-order chi connectivity index (χ0) is 12.1. The second kappa shape index (κ2) is 5.44. The van der Waals surface area contributed by atoms with Gasteiger partial charge in [-0.3, -0.25) is 4.79 Å². The number of allylic oxidation sites excluding steroid dienone is 3. The molecule has 1 amide bonds. The molecule has 0 aromatic carbocycles. The quantitative estimate of drug-likeness (QED) is 0.638. The summed E-state index contributed by atoms with van der Waals surface area (Å²) in [5.41, 5.74) is 12.2. The number of hydrogen-bond donors (Lipinski definition) is 2. The fourth-order valence-electron chi connectivity index (χ4n) is 1.60. The van der Waals surface area contributed by atoms with Crippen LogP contribution in [-0.2, 0) is 4.79 Å². The lowest BCUT2D eigenvalue weighted by Crippen LogP contribution is -2.48. The van der Waals surface area contributed by atoms with E-state index in [1.807, 2.05) is 11.8 Å². The molecular formula is C11H20N4O. The van der Waals surface area contributed by atoms with Gasteiger partial charge in [0.25, 0.3) is 0 Å². The predicted octanol–water partition coefficient (Wildman–Crippen LogP) is -0.187. The van der Waals surface area contributed by atoms with Crippen LogP contribution in [0.4, 0.5) is 0 Å². The van der Waals surface area contributed by atoms with E-state index < -0.39 is 0 Å². The molecule has 5 nitrogen and oxygen atoms in total. The van der Waals surface area contributed by atoms with Gasteiger partial charge in [-0.25, -0.2) is 0 Å². The van der Waals surface area contributed by atoms with Crippen LogP contribution in [-0.4, -0.2) is 41.9 Å². The van der Waals surface area contributed by atoms with E-state index in [1.54, 1.807) is 19.1 Å². The third kappa shape index (κ3) is 3.49. The molecule has 0 radical (unpaired) electrons. The summed E-state index contributed by atoms with van der Waals surface area (Å²) in [6.45, 7) is 6.43. The maximum atomic E-state index is 11.1. The van der Waals surface area contributed by atoms with E-state index in [0.29, 0.717) is 5.82 Å². The number of amides is 1. The molecule has 0 bridgehead atoms. The van der Waals surface area contributed by atoms with Crippen molar-refractivity contribution in [1.29, 1.82) is 0 Å². The van der Waals surface area contributed by atoms with Crippen LogP contribution in [0.5, 0.6) is 0 Å². The van der Waals surface area contributed by atoms with Gasteiger partial charge >= 0.3 is 0 Å². The molecule has 16 heavy (non-hydrogen) atoms. The highest BCUT2D eigenvalue weighted by molar-refractivity contribution is 5.73. The second-order valence-corrected chi connectivity index (χ2v) is 4.00. The van der Waals surface area contributed by atoms with Crippen LogP contribution in [0.3, 0.4) is 0 Å². The van der Waals surface area contributed by atoms with Crippen molar-refractivity contribution in [2.24, 2.45) is 11.5 Å². The number of rotatable bonds is 2. The first-order valence-corrected chi connectivity index (χ1v) is 5.40. The van der Waals surface area contributed by atoms with Gasteiger partial charge < -0.3 is 21.3 Å². The van der Waals surface area contributed by atoms with Crippen LogP contribution in [0.15, 0.2) is 23.7 Å². The molecule has 90 valence electrons. The van der Waals surface area contributed by atoms with Crippen LogP contribution in [0.25, 0.3) is 0 Å². The highest BCUT2D eigenvalue weighted by atomic mass is 16.2. The van der Waals surface area contributed by atoms with E-state index >= 15 is 0 Å². The molecule has 0 atom stereocenters. The molecule has 0 spiro atoms. The monoisotopic (exact) mass is 224 g/mol. The minimum absolute atomic E-state index is 0.125. The van der Waals surface area contributed by atoms with E-state index in [1.165, 1.54) is 0 Å².